The van der Waals surface area contributed by atoms with E-state index < -0.39 is 18.4 Å². The molecule has 0 aliphatic carbocycles. The zero-order valence-corrected chi connectivity index (χ0v) is 7.88. The number of hydrogen-bond donors (Lipinski definition) is 1. The van der Waals surface area contributed by atoms with Crippen LogP contribution in [0.15, 0.2) is 18.2 Å². The highest BCUT2D eigenvalue weighted by Crippen LogP contribution is 2.47. The minimum Gasteiger partial charge on any atom is -0.508 e. The van der Waals surface area contributed by atoms with Crippen LogP contribution in [-0.4, -0.2) is 11.3 Å². The normalized spacial score (nSPS) is 25.3. The smallest absolute Gasteiger partial charge is 0.418 e. The number of benzene rings is 1. The number of rotatable bonds is 0. The van der Waals surface area contributed by atoms with E-state index in [0.717, 1.165) is 6.07 Å². The third kappa shape index (κ3) is 1.67. The van der Waals surface area contributed by atoms with Crippen molar-refractivity contribution in [3.8, 4) is 5.75 Å². The summed E-state index contributed by atoms with van der Waals surface area (Å²) in [5.74, 6) is -0.180. The van der Waals surface area contributed by atoms with Crippen molar-refractivity contribution in [2.45, 2.75) is 25.3 Å². The van der Waals surface area contributed by atoms with Crippen LogP contribution in [0.3, 0.4) is 0 Å². The van der Waals surface area contributed by atoms with E-state index in [2.05, 4.69) is 0 Å². The average molecular weight is 218 g/mol. The van der Waals surface area contributed by atoms with Crippen LogP contribution < -0.4 is 0 Å². The van der Waals surface area contributed by atoms with Crippen LogP contribution in [0.25, 0.3) is 0 Å². The Kier molecular flexibility index (Phi) is 2.15. The molecule has 2 rings (SSSR count). The summed E-state index contributed by atoms with van der Waals surface area (Å²) in [5, 5.41) is 9.14. The number of phenols is 1. The lowest BCUT2D eigenvalue weighted by atomic mass is 10.0. The van der Waals surface area contributed by atoms with E-state index in [9.17, 15) is 13.2 Å². The van der Waals surface area contributed by atoms with Crippen LogP contribution >= 0.6 is 0 Å². The molecular formula is C10H9F3O2. The van der Waals surface area contributed by atoms with E-state index in [4.69, 9.17) is 9.84 Å². The van der Waals surface area contributed by atoms with Crippen LogP contribution in [-0.2, 0) is 4.74 Å². The molecule has 0 aromatic heterocycles. The highest BCUT2D eigenvalue weighted by atomic mass is 19.4. The molecule has 2 atom stereocenters. The zero-order chi connectivity index (χ0) is 11.2. The molecule has 1 aromatic carbocycles. The Bertz CT molecular complexity index is 387. The Morgan fingerprint density at radius 1 is 1.27 bits per heavy atom. The fourth-order valence-corrected chi connectivity index (χ4v) is 1.76. The minimum atomic E-state index is -4.44. The lowest BCUT2D eigenvalue weighted by molar-refractivity contribution is -0.226. The molecule has 0 saturated heterocycles. The highest BCUT2D eigenvalue weighted by Gasteiger charge is 2.47. The second-order valence-electron chi connectivity index (χ2n) is 3.51. The third-order valence-corrected chi connectivity index (χ3v) is 2.43. The van der Waals surface area contributed by atoms with Crippen molar-refractivity contribution < 1.29 is 23.0 Å². The van der Waals surface area contributed by atoms with Crippen molar-refractivity contribution in [2.24, 2.45) is 0 Å². The minimum absolute atomic E-state index is 0.00926. The van der Waals surface area contributed by atoms with E-state index in [-0.39, 0.29) is 11.3 Å². The molecule has 0 amide bonds. The molecule has 0 fully saturated rings. The molecule has 2 nitrogen and oxygen atoms in total. The van der Waals surface area contributed by atoms with Gasteiger partial charge in [-0.3, -0.25) is 0 Å². The summed E-state index contributed by atoms with van der Waals surface area (Å²) in [6, 6.07) is 3.93. The van der Waals surface area contributed by atoms with Crippen molar-refractivity contribution in [3.63, 3.8) is 0 Å². The highest BCUT2D eigenvalue weighted by molar-refractivity contribution is 5.40. The van der Waals surface area contributed by atoms with E-state index in [1.165, 1.54) is 12.1 Å². The van der Waals surface area contributed by atoms with Gasteiger partial charge in [0.25, 0.3) is 0 Å². The Balaban J connectivity index is 2.49. The lowest BCUT2D eigenvalue weighted by Gasteiger charge is -2.15. The second-order valence-corrected chi connectivity index (χ2v) is 3.51. The molecule has 1 aromatic rings. The van der Waals surface area contributed by atoms with Gasteiger partial charge < -0.3 is 9.84 Å². The molecule has 1 heterocycles. The second kappa shape index (κ2) is 3.13. The molecule has 0 spiro atoms. The number of phenolic OH excluding ortho intramolecular Hbond substituents is 1. The van der Waals surface area contributed by atoms with Crippen molar-refractivity contribution in [1.82, 2.24) is 0 Å². The number of ether oxygens (including phenoxy) is 1. The molecule has 0 radical (unpaired) electrons. The van der Waals surface area contributed by atoms with Crippen molar-refractivity contribution in [1.29, 1.82) is 0 Å². The predicted octanol–water partition coefficient (Wildman–Crippen LogP) is 3.09. The van der Waals surface area contributed by atoms with Crippen LogP contribution in [0.2, 0.25) is 0 Å². The quantitative estimate of drug-likeness (QED) is 0.725. The maximum atomic E-state index is 12.5. The van der Waals surface area contributed by atoms with E-state index >= 15 is 0 Å². The maximum absolute atomic E-state index is 12.5. The molecule has 5 heteroatoms. The summed E-state index contributed by atoms with van der Waals surface area (Å²) in [7, 11) is 0. The summed E-state index contributed by atoms with van der Waals surface area (Å²) in [4.78, 5) is 0. The van der Waals surface area contributed by atoms with Crippen molar-refractivity contribution >= 4 is 0 Å². The molecule has 1 aliphatic rings. The molecule has 1 aliphatic heterocycles. The van der Waals surface area contributed by atoms with Gasteiger partial charge in [0.1, 0.15) is 5.75 Å². The molecule has 0 saturated carbocycles. The summed E-state index contributed by atoms with van der Waals surface area (Å²) in [5.41, 5.74) is 0.491. The van der Waals surface area contributed by atoms with Crippen molar-refractivity contribution in [2.75, 3.05) is 0 Å². The van der Waals surface area contributed by atoms with Gasteiger partial charge in [0.15, 0.2) is 6.10 Å². The fourth-order valence-electron chi connectivity index (χ4n) is 1.76. The van der Waals surface area contributed by atoms with Crippen LogP contribution in [0, 0.1) is 0 Å². The molecule has 0 bridgehead atoms. The van der Waals surface area contributed by atoms with Gasteiger partial charge in [0, 0.05) is 0 Å². The third-order valence-electron chi connectivity index (χ3n) is 2.43. The Morgan fingerprint density at radius 3 is 2.53 bits per heavy atom. The first-order chi connectivity index (χ1) is 6.89. The molecular weight excluding hydrogens is 209 g/mol. The van der Waals surface area contributed by atoms with Gasteiger partial charge in [-0.05, 0) is 30.2 Å². The molecule has 1 N–H and O–H groups in total. The Morgan fingerprint density at radius 2 is 1.93 bits per heavy atom. The molecule has 15 heavy (non-hydrogen) atoms. The van der Waals surface area contributed by atoms with Gasteiger partial charge in [-0.2, -0.15) is 13.2 Å². The van der Waals surface area contributed by atoms with Gasteiger partial charge in [-0.25, -0.2) is 0 Å². The zero-order valence-electron chi connectivity index (χ0n) is 7.88. The number of halogens is 3. The standard InChI is InChI=1S/C10H9F3O2/c1-5-7-3-2-6(14)4-8(7)9(15-5)10(11,12)13/h2-5,9,14H,1H3. The largest absolute Gasteiger partial charge is 0.508 e. The topological polar surface area (TPSA) is 29.5 Å². The Hall–Kier alpha value is -1.23. The summed E-state index contributed by atoms with van der Waals surface area (Å²) in [6.45, 7) is 1.56. The van der Waals surface area contributed by atoms with Crippen LogP contribution in [0.4, 0.5) is 13.2 Å². The fraction of sp³-hybridized carbons (Fsp3) is 0.400. The monoisotopic (exact) mass is 218 g/mol. The van der Waals surface area contributed by atoms with Crippen LogP contribution in [0.5, 0.6) is 5.75 Å². The predicted molar refractivity (Wildman–Crippen MR) is 46.4 cm³/mol. The number of hydrogen-bond acceptors (Lipinski definition) is 2. The van der Waals surface area contributed by atoms with Gasteiger partial charge in [-0.1, -0.05) is 6.07 Å². The van der Waals surface area contributed by atoms with Gasteiger partial charge in [-0.15, -0.1) is 0 Å². The van der Waals surface area contributed by atoms with Gasteiger partial charge in [0.05, 0.1) is 6.10 Å². The van der Waals surface area contributed by atoms with Gasteiger partial charge in [0.2, 0.25) is 0 Å². The first-order valence-electron chi connectivity index (χ1n) is 4.44. The number of aromatic hydroxyl groups is 1. The van der Waals surface area contributed by atoms with E-state index in [1.807, 2.05) is 0 Å². The van der Waals surface area contributed by atoms with Crippen LogP contribution in [0.1, 0.15) is 30.3 Å². The average Bonchev–Trinajstić information content (AvgIpc) is 2.42. The van der Waals surface area contributed by atoms with Crippen molar-refractivity contribution in [3.05, 3.63) is 29.3 Å². The summed E-state index contributed by atoms with van der Waals surface area (Å²) >= 11 is 0. The molecule has 2 unspecified atom stereocenters. The van der Waals surface area contributed by atoms with E-state index in [1.54, 1.807) is 6.92 Å². The maximum Gasteiger partial charge on any atom is 0.418 e. The lowest BCUT2D eigenvalue weighted by Crippen LogP contribution is -2.20. The SMILES string of the molecule is CC1OC(C(F)(F)F)c2cc(O)ccc21. The first-order valence-corrected chi connectivity index (χ1v) is 4.44. The first kappa shape index (κ1) is 10.3. The molecule has 82 valence electrons. The van der Waals surface area contributed by atoms with E-state index in [0.29, 0.717) is 5.56 Å². The number of alkyl halides is 3. The Labute approximate surface area is 84.3 Å². The number of fused-ring (bicyclic) bond motifs is 1. The van der Waals surface area contributed by atoms with Gasteiger partial charge >= 0.3 is 6.18 Å². The summed E-state index contributed by atoms with van der Waals surface area (Å²) < 4.78 is 42.4. The summed E-state index contributed by atoms with van der Waals surface area (Å²) in [6.07, 6.45) is -6.95.